The fourth-order valence-corrected chi connectivity index (χ4v) is 5.05. The van der Waals surface area contributed by atoms with Crippen molar-refractivity contribution >= 4 is 17.5 Å². The molecule has 200 valence electrons. The van der Waals surface area contributed by atoms with E-state index in [1.165, 1.54) is 18.2 Å². The average Bonchev–Trinajstić information content (AvgIpc) is 2.93. The van der Waals surface area contributed by atoms with Gasteiger partial charge in [0.15, 0.2) is 17.4 Å². The highest BCUT2D eigenvalue weighted by molar-refractivity contribution is 5.95. The van der Waals surface area contributed by atoms with Crippen LogP contribution in [0.5, 0.6) is 5.75 Å². The molecule has 1 saturated carbocycles. The van der Waals surface area contributed by atoms with E-state index in [0.717, 1.165) is 31.2 Å². The summed E-state index contributed by atoms with van der Waals surface area (Å²) in [5.74, 6) is -5.51. The molecule has 2 aliphatic rings. The standard InChI is InChI=1S/C28H33F3N2O4/c1-2-36-27-25(30)22(16-23(29)26(27)31)28(35)33-14-12-19(13-15-33)18-8-10-20(11-9-18)32-24(34)17-37-21-6-4-3-5-7-21/h8-11,16,19,21H,2-7,12-15,17H2,1H3,(H,32,34). The molecule has 2 aromatic carbocycles. The summed E-state index contributed by atoms with van der Waals surface area (Å²) in [5.41, 5.74) is 1.22. The van der Waals surface area contributed by atoms with Crippen LogP contribution in [-0.4, -0.2) is 49.1 Å². The zero-order chi connectivity index (χ0) is 26.4. The molecule has 1 aliphatic carbocycles. The quantitative estimate of drug-likeness (QED) is 0.448. The molecule has 0 aromatic heterocycles. The normalized spacial score (nSPS) is 17.0. The smallest absolute Gasteiger partial charge is 0.257 e. The molecule has 2 amide bonds. The molecular weight excluding hydrogens is 485 g/mol. The zero-order valence-electron chi connectivity index (χ0n) is 21.0. The van der Waals surface area contributed by atoms with E-state index in [9.17, 15) is 22.8 Å². The topological polar surface area (TPSA) is 67.9 Å². The maximum absolute atomic E-state index is 14.7. The average molecular weight is 519 g/mol. The molecule has 2 fully saturated rings. The van der Waals surface area contributed by atoms with Gasteiger partial charge in [0.1, 0.15) is 6.61 Å². The Kier molecular flexibility index (Phi) is 9.08. The van der Waals surface area contributed by atoms with E-state index >= 15 is 0 Å². The molecule has 0 unspecified atom stereocenters. The minimum atomic E-state index is -1.44. The number of anilines is 1. The molecule has 37 heavy (non-hydrogen) atoms. The van der Waals surface area contributed by atoms with Crippen molar-refractivity contribution in [2.45, 2.75) is 63.9 Å². The van der Waals surface area contributed by atoms with Crippen LogP contribution in [0.4, 0.5) is 18.9 Å². The first-order chi connectivity index (χ1) is 17.9. The van der Waals surface area contributed by atoms with Gasteiger partial charge >= 0.3 is 0 Å². The summed E-state index contributed by atoms with van der Waals surface area (Å²) >= 11 is 0. The minimum absolute atomic E-state index is 0.0452. The third-order valence-electron chi connectivity index (χ3n) is 7.09. The number of piperidine rings is 1. The van der Waals surface area contributed by atoms with Crippen LogP contribution in [0.25, 0.3) is 0 Å². The third-order valence-corrected chi connectivity index (χ3v) is 7.09. The van der Waals surface area contributed by atoms with Gasteiger partial charge < -0.3 is 19.7 Å². The van der Waals surface area contributed by atoms with Gasteiger partial charge in [-0.25, -0.2) is 8.78 Å². The van der Waals surface area contributed by atoms with Crippen molar-refractivity contribution in [3.63, 3.8) is 0 Å². The van der Waals surface area contributed by atoms with Crippen LogP contribution in [0.2, 0.25) is 0 Å². The minimum Gasteiger partial charge on any atom is -0.488 e. The zero-order valence-corrected chi connectivity index (χ0v) is 21.0. The molecular formula is C28H33F3N2O4. The summed E-state index contributed by atoms with van der Waals surface area (Å²) in [5, 5.41) is 2.86. The summed E-state index contributed by atoms with van der Waals surface area (Å²) in [6.07, 6.45) is 6.99. The Hall–Kier alpha value is -3.07. The van der Waals surface area contributed by atoms with Crippen LogP contribution in [0.1, 0.15) is 73.7 Å². The van der Waals surface area contributed by atoms with Gasteiger partial charge in [-0.15, -0.1) is 0 Å². The van der Waals surface area contributed by atoms with Crippen LogP contribution in [0.3, 0.4) is 0 Å². The van der Waals surface area contributed by atoms with Crippen LogP contribution >= 0.6 is 0 Å². The number of carbonyl (C=O) groups is 2. The van der Waals surface area contributed by atoms with E-state index in [4.69, 9.17) is 9.47 Å². The third kappa shape index (κ3) is 6.63. The number of hydrogen-bond donors (Lipinski definition) is 1. The second-order valence-electron chi connectivity index (χ2n) is 9.60. The van der Waals surface area contributed by atoms with E-state index in [-0.39, 0.29) is 31.1 Å². The van der Waals surface area contributed by atoms with Crippen LogP contribution in [0, 0.1) is 17.5 Å². The molecule has 1 heterocycles. The molecule has 1 aliphatic heterocycles. The van der Waals surface area contributed by atoms with Crippen LogP contribution in [-0.2, 0) is 9.53 Å². The number of carbonyl (C=O) groups excluding carboxylic acids is 2. The SMILES string of the molecule is CCOc1c(F)c(F)cc(C(=O)N2CCC(c3ccc(NC(=O)COC4CCCCC4)cc3)CC2)c1F. The van der Waals surface area contributed by atoms with E-state index in [2.05, 4.69) is 5.32 Å². The molecule has 2 aromatic rings. The van der Waals surface area contributed by atoms with Crippen molar-refractivity contribution in [2.75, 3.05) is 31.6 Å². The highest BCUT2D eigenvalue weighted by atomic mass is 19.2. The van der Waals surface area contributed by atoms with Gasteiger partial charge in [-0.3, -0.25) is 9.59 Å². The summed E-state index contributed by atoms with van der Waals surface area (Å²) in [7, 11) is 0. The number of likely N-dealkylation sites (tertiary alicyclic amines) is 1. The lowest BCUT2D eigenvalue weighted by Gasteiger charge is -2.32. The van der Waals surface area contributed by atoms with Gasteiger partial charge in [0, 0.05) is 18.8 Å². The van der Waals surface area contributed by atoms with Gasteiger partial charge in [-0.05, 0) is 62.3 Å². The molecule has 6 nitrogen and oxygen atoms in total. The van der Waals surface area contributed by atoms with Crippen molar-refractivity contribution in [3.05, 3.63) is 58.9 Å². The van der Waals surface area contributed by atoms with Crippen molar-refractivity contribution < 1.29 is 32.2 Å². The summed E-state index contributed by atoms with van der Waals surface area (Å²) in [6.45, 7) is 2.20. The lowest BCUT2D eigenvalue weighted by molar-refractivity contribution is -0.123. The van der Waals surface area contributed by atoms with E-state index in [0.29, 0.717) is 37.7 Å². The molecule has 0 spiro atoms. The monoisotopic (exact) mass is 518 g/mol. The van der Waals surface area contributed by atoms with Crippen molar-refractivity contribution in [1.82, 2.24) is 4.90 Å². The summed E-state index contributed by atoms with van der Waals surface area (Å²) in [4.78, 5) is 26.6. The number of ether oxygens (including phenoxy) is 2. The van der Waals surface area contributed by atoms with Crippen LogP contribution in [0.15, 0.2) is 30.3 Å². The molecule has 0 atom stereocenters. The number of nitrogens with zero attached hydrogens (tertiary/aromatic N) is 1. The van der Waals surface area contributed by atoms with Crippen molar-refractivity contribution in [1.29, 1.82) is 0 Å². The molecule has 4 rings (SSSR count). The number of benzene rings is 2. The van der Waals surface area contributed by atoms with Gasteiger partial charge in [-0.2, -0.15) is 4.39 Å². The maximum atomic E-state index is 14.7. The summed E-state index contributed by atoms with van der Waals surface area (Å²) in [6, 6.07) is 8.18. The van der Waals surface area contributed by atoms with E-state index < -0.39 is 34.7 Å². The van der Waals surface area contributed by atoms with Crippen molar-refractivity contribution in [3.8, 4) is 5.75 Å². The summed E-state index contributed by atoms with van der Waals surface area (Å²) < 4.78 is 53.2. The Morgan fingerprint density at radius 2 is 1.65 bits per heavy atom. The predicted octanol–water partition coefficient (Wildman–Crippen LogP) is 5.81. The van der Waals surface area contributed by atoms with Crippen molar-refractivity contribution in [2.24, 2.45) is 0 Å². The van der Waals surface area contributed by atoms with Gasteiger partial charge in [-0.1, -0.05) is 31.4 Å². The van der Waals surface area contributed by atoms with E-state index in [1.54, 1.807) is 0 Å². The number of hydrogen-bond acceptors (Lipinski definition) is 4. The maximum Gasteiger partial charge on any atom is 0.257 e. The number of amides is 2. The Bertz CT molecular complexity index is 1100. The van der Waals surface area contributed by atoms with Gasteiger partial charge in [0.25, 0.3) is 5.91 Å². The number of rotatable bonds is 8. The second-order valence-corrected chi connectivity index (χ2v) is 9.60. The molecule has 1 saturated heterocycles. The first kappa shape index (κ1) is 27.0. The fraction of sp³-hybridized carbons (Fsp3) is 0.500. The Morgan fingerprint density at radius 1 is 0.973 bits per heavy atom. The number of nitrogens with one attached hydrogen (secondary N) is 1. The number of halogens is 3. The highest BCUT2D eigenvalue weighted by Gasteiger charge is 2.30. The largest absolute Gasteiger partial charge is 0.488 e. The fourth-order valence-electron chi connectivity index (χ4n) is 5.05. The second kappa shape index (κ2) is 12.4. The molecule has 0 radical (unpaired) electrons. The molecule has 1 N–H and O–H groups in total. The van der Waals surface area contributed by atoms with Gasteiger partial charge in [0.2, 0.25) is 11.7 Å². The Balaban J connectivity index is 1.29. The first-order valence-corrected chi connectivity index (χ1v) is 13.0. The Labute approximate surface area is 215 Å². The lowest BCUT2D eigenvalue weighted by Crippen LogP contribution is -2.38. The highest BCUT2D eigenvalue weighted by Crippen LogP contribution is 2.32. The van der Waals surface area contributed by atoms with Crippen LogP contribution < -0.4 is 10.1 Å². The molecule has 0 bridgehead atoms. The Morgan fingerprint density at radius 3 is 2.30 bits per heavy atom. The predicted molar refractivity (Wildman–Crippen MR) is 133 cm³/mol. The van der Waals surface area contributed by atoms with Gasteiger partial charge in [0.05, 0.1) is 18.3 Å². The molecule has 9 heteroatoms. The van der Waals surface area contributed by atoms with E-state index in [1.807, 2.05) is 24.3 Å². The first-order valence-electron chi connectivity index (χ1n) is 13.0. The lowest BCUT2D eigenvalue weighted by atomic mass is 9.89.